The molecule has 2 rings (SSSR count). The van der Waals surface area contributed by atoms with E-state index < -0.39 is 0 Å². The van der Waals surface area contributed by atoms with Gasteiger partial charge in [-0.1, -0.05) is 18.6 Å². The first-order valence-corrected chi connectivity index (χ1v) is 8.08. The van der Waals surface area contributed by atoms with Crippen molar-refractivity contribution in [3.63, 3.8) is 0 Å². The molecule has 23 heavy (non-hydrogen) atoms. The Labute approximate surface area is 155 Å². The molecule has 0 bridgehead atoms. The third-order valence-corrected chi connectivity index (χ3v) is 4.18. The van der Waals surface area contributed by atoms with Crippen molar-refractivity contribution in [3.8, 4) is 0 Å². The normalized spacial score (nSPS) is 14.6. The van der Waals surface area contributed by atoms with Crippen LogP contribution in [0.15, 0.2) is 29.3 Å². The van der Waals surface area contributed by atoms with Crippen molar-refractivity contribution in [2.45, 2.75) is 39.7 Å². The van der Waals surface area contributed by atoms with Crippen molar-refractivity contribution in [1.29, 1.82) is 0 Å². The highest BCUT2D eigenvalue weighted by molar-refractivity contribution is 14.0. The predicted octanol–water partition coefficient (Wildman–Crippen LogP) is 3.20. The molecule has 1 aliphatic carbocycles. The number of hydrogen-bond acceptors (Lipinski definition) is 2. The standard InChI is InChI=1S/C17H26N4O.HI/c1-3-21(4-2)17(18)19-12-13-7-5-10-15(11-13)20-16(22)14-8-6-9-14;/h5,7,10-11,14H,3-4,6,8-9,12H2,1-2H3,(H2,18,19)(H,20,22);1H. The van der Waals surface area contributed by atoms with Gasteiger partial charge in [-0.15, -0.1) is 24.0 Å². The molecule has 0 aliphatic heterocycles. The van der Waals surface area contributed by atoms with Gasteiger partial charge in [-0.25, -0.2) is 4.99 Å². The van der Waals surface area contributed by atoms with Crippen molar-refractivity contribution in [1.82, 2.24) is 4.90 Å². The lowest BCUT2D eigenvalue weighted by atomic mass is 9.85. The Balaban J connectivity index is 0.00000264. The molecule has 1 fully saturated rings. The summed E-state index contributed by atoms with van der Waals surface area (Å²) in [4.78, 5) is 18.4. The zero-order chi connectivity index (χ0) is 15.9. The zero-order valence-corrected chi connectivity index (χ0v) is 16.2. The Bertz CT molecular complexity index is 539. The number of carbonyl (C=O) groups is 1. The summed E-state index contributed by atoms with van der Waals surface area (Å²) in [5, 5.41) is 2.99. The molecule has 0 atom stereocenters. The average molecular weight is 430 g/mol. The van der Waals surface area contributed by atoms with E-state index in [1.54, 1.807) is 0 Å². The maximum absolute atomic E-state index is 12.0. The highest BCUT2D eigenvalue weighted by Gasteiger charge is 2.25. The summed E-state index contributed by atoms with van der Waals surface area (Å²) in [6.07, 6.45) is 3.18. The molecule has 0 spiro atoms. The number of guanidine groups is 1. The van der Waals surface area contributed by atoms with Crippen LogP contribution in [0.5, 0.6) is 0 Å². The van der Waals surface area contributed by atoms with Crippen LogP contribution in [0.25, 0.3) is 0 Å². The molecule has 0 unspecified atom stereocenters. The number of anilines is 1. The molecule has 3 N–H and O–H groups in total. The minimum atomic E-state index is 0. The molecule has 1 amide bonds. The number of rotatable bonds is 6. The summed E-state index contributed by atoms with van der Waals surface area (Å²) in [5.41, 5.74) is 7.86. The number of nitrogens with zero attached hydrogens (tertiary/aromatic N) is 2. The van der Waals surface area contributed by atoms with E-state index in [9.17, 15) is 4.79 Å². The van der Waals surface area contributed by atoms with Gasteiger partial charge in [0.25, 0.3) is 0 Å². The fourth-order valence-electron chi connectivity index (χ4n) is 2.48. The quantitative estimate of drug-likeness (QED) is 0.414. The van der Waals surface area contributed by atoms with E-state index in [0.717, 1.165) is 43.6 Å². The highest BCUT2D eigenvalue weighted by atomic mass is 127. The van der Waals surface area contributed by atoms with Crippen LogP contribution in [0.1, 0.15) is 38.7 Å². The first-order valence-electron chi connectivity index (χ1n) is 8.08. The number of nitrogens with one attached hydrogen (secondary N) is 1. The van der Waals surface area contributed by atoms with E-state index >= 15 is 0 Å². The Morgan fingerprint density at radius 1 is 1.35 bits per heavy atom. The molecule has 0 radical (unpaired) electrons. The topological polar surface area (TPSA) is 70.7 Å². The van der Waals surface area contributed by atoms with Gasteiger partial charge < -0.3 is 16.0 Å². The van der Waals surface area contributed by atoms with Gasteiger partial charge in [0.1, 0.15) is 0 Å². The molecule has 6 heteroatoms. The molecule has 0 heterocycles. The third kappa shape index (κ3) is 5.67. The first kappa shape index (κ1) is 19.7. The van der Waals surface area contributed by atoms with Gasteiger partial charge in [0.2, 0.25) is 5.91 Å². The van der Waals surface area contributed by atoms with Crippen LogP contribution in [0.3, 0.4) is 0 Å². The van der Waals surface area contributed by atoms with Gasteiger partial charge in [-0.2, -0.15) is 0 Å². The first-order chi connectivity index (χ1) is 10.6. The number of hydrogen-bond donors (Lipinski definition) is 2. The average Bonchev–Trinajstić information content (AvgIpc) is 2.45. The number of carbonyl (C=O) groups excluding carboxylic acids is 1. The van der Waals surface area contributed by atoms with Crippen molar-refractivity contribution in [2.75, 3.05) is 18.4 Å². The molecule has 1 aliphatic rings. The Kier molecular flexibility index (Phi) is 8.36. The van der Waals surface area contributed by atoms with Crippen LogP contribution in [-0.2, 0) is 11.3 Å². The number of aliphatic imine (C=N–C) groups is 1. The maximum atomic E-state index is 12.0. The number of nitrogens with two attached hydrogens (primary N) is 1. The smallest absolute Gasteiger partial charge is 0.227 e. The van der Waals surface area contributed by atoms with Crippen LogP contribution in [-0.4, -0.2) is 29.9 Å². The van der Waals surface area contributed by atoms with Crippen LogP contribution >= 0.6 is 24.0 Å². The minimum Gasteiger partial charge on any atom is -0.370 e. The predicted molar refractivity (Wildman–Crippen MR) is 106 cm³/mol. The lowest BCUT2D eigenvalue weighted by Gasteiger charge is -2.24. The second-order valence-corrected chi connectivity index (χ2v) is 5.66. The Morgan fingerprint density at radius 2 is 2.04 bits per heavy atom. The summed E-state index contributed by atoms with van der Waals surface area (Å²) in [5.74, 6) is 0.892. The molecular formula is C17H27IN4O. The fourth-order valence-corrected chi connectivity index (χ4v) is 2.48. The maximum Gasteiger partial charge on any atom is 0.227 e. The molecule has 128 valence electrons. The van der Waals surface area contributed by atoms with Crippen LogP contribution in [0.2, 0.25) is 0 Å². The molecule has 1 aromatic rings. The van der Waals surface area contributed by atoms with Gasteiger partial charge >= 0.3 is 0 Å². The monoisotopic (exact) mass is 430 g/mol. The summed E-state index contributed by atoms with van der Waals surface area (Å²) in [6.45, 7) is 6.34. The summed E-state index contributed by atoms with van der Waals surface area (Å²) in [7, 11) is 0. The van der Waals surface area contributed by atoms with Crippen molar-refractivity contribution < 1.29 is 4.79 Å². The molecule has 0 saturated heterocycles. The Hall–Kier alpha value is -1.31. The summed E-state index contributed by atoms with van der Waals surface area (Å²) >= 11 is 0. The van der Waals surface area contributed by atoms with Gasteiger partial charge in [-0.05, 0) is 44.4 Å². The lowest BCUT2D eigenvalue weighted by Crippen LogP contribution is -2.37. The van der Waals surface area contributed by atoms with Crippen LogP contribution in [0, 0.1) is 5.92 Å². The third-order valence-electron chi connectivity index (χ3n) is 4.18. The van der Waals surface area contributed by atoms with Gasteiger partial charge in [-0.3, -0.25) is 4.79 Å². The minimum absolute atomic E-state index is 0. The number of benzene rings is 1. The number of halogens is 1. The van der Waals surface area contributed by atoms with E-state index in [1.807, 2.05) is 29.2 Å². The molecule has 1 aromatic carbocycles. The molecule has 5 nitrogen and oxygen atoms in total. The lowest BCUT2D eigenvalue weighted by molar-refractivity contribution is -0.122. The van der Waals surface area contributed by atoms with E-state index in [4.69, 9.17) is 5.73 Å². The summed E-state index contributed by atoms with van der Waals surface area (Å²) < 4.78 is 0. The van der Waals surface area contributed by atoms with Crippen LogP contribution < -0.4 is 11.1 Å². The van der Waals surface area contributed by atoms with Crippen molar-refractivity contribution in [2.24, 2.45) is 16.6 Å². The second-order valence-electron chi connectivity index (χ2n) is 5.66. The largest absolute Gasteiger partial charge is 0.370 e. The van der Waals surface area contributed by atoms with E-state index in [0.29, 0.717) is 12.5 Å². The SMILES string of the molecule is CCN(CC)C(N)=NCc1cccc(NC(=O)C2CCC2)c1.I. The van der Waals surface area contributed by atoms with Gasteiger partial charge in [0.15, 0.2) is 5.96 Å². The van der Waals surface area contributed by atoms with Crippen molar-refractivity contribution in [3.05, 3.63) is 29.8 Å². The molecular weight excluding hydrogens is 403 g/mol. The Morgan fingerprint density at radius 3 is 2.61 bits per heavy atom. The fraction of sp³-hybridized carbons (Fsp3) is 0.529. The van der Waals surface area contributed by atoms with E-state index in [1.165, 1.54) is 0 Å². The highest BCUT2D eigenvalue weighted by Crippen LogP contribution is 2.27. The zero-order valence-electron chi connectivity index (χ0n) is 13.9. The van der Waals surface area contributed by atoms with Gasteiger partial charge in [0, 0.05) is 24.7 Å². The van der Waals surface area contributed by atoms with Gasteiger partial charge in [0.05, 0.1) is 6.54 Å². The molecule has 0 aromatic heterocycles. The van der Waals surface area contributed by atoms with Crippen LogP contribution in [0.4, 0.5) is 5.69 Å². The second kappa shape index (κ2) is 9.75. The number of amides is 1. The summed E-state index contributed by atoms with van der Waals surface area (Å²) in [6, 6.07) is 7.82. The molecule has 1 saturated carbocycles. The van der Waals surface area contributed by atoms with E-state index in [2.05, 4.69) is 24.2 Å². The van der Waals surface area contributed by atoms with E-state index in [-0.39, 0.29) is 35.8 Å². The van der Waals surface area contributed by atoms with Crippen molar-refractivity contribution >= 4 is 41.5 Å².